The molecule has 1 aromatic carbocycles. The topological polar surface area (TPSA) is 74.5 Å². The normalized spacial score (nSPS) is 10.0. The predicted molar refractivity (Wildman–Crippen MR) is 69.0 cm³/mol. The maximum absolute atomic E-state index is 10.7. The predicted octanol–water partition coefficient (Wildman–Crippen LogP) is 3.44. The van der Waals surface area contributed by atoms with Gasteiger partial charge < -0.3 is 9.47 Å². The van der Waals surface area contributed by atoms with Crippen molar-refractivity contribution in [2.45, 2.75) is 0 Å². The summed E-state index contributed by atoms with van der Waals surface area (Å²) in [5.41, 5.74) is -0.183. The summed E-state index contributed by atoms with van der Waals surface area (Å²) >= 11 is 5.70. The van der Waals surface area contributed by atoms with Gasteiger partial charge in [0, 0.05) is 6.07 Å². The molecule has 1 aromatic heterocycles. The van der Waals surface area contributed by atoms with Gasteiger partial charge in [-0.1, -0.05) is 17.7 Å². The first-order chi connectivity index (χ1) is 9.08. The van der Waals surface area contributed by atoms with Gasteiger partial charge in [-0.3, -0.25) is 10.1 Å². The second kappa shape index (κ2) is 5.53. The number of rotatable bonds is 4. The molecule has 0 aliphatic carbocycles. The fraction of sp³-hybridized carbons (Fsp3) is 0.0833. The Bertz CT molecular complexity index is 618. The third kappa shape index (κ3) is 3.32. The van der Waals surface area contributed by atoms with E-state index in [9.17, 15) is 10.1 Å². The van der Waals surface area contributed by atoms with E-state index in [1.807, 2.05) is 0 Å². The van der Waals surface area contributed by atoms with Crippen LogP contribution in [0.5, 0.6) is 17.4 Å². The zero-order valence-corrected chi connectivity index (χ0v) is 10.6. The quantitative estimate of drug-likeness (QED) is 0.487. The Hall–Kier alpha value is -2.34. The van der Waals surface area contributed by atoms with Crippen molar-refractivity contribution < 1.29 is 14.4 Å². The highest BCUT2D eigenvalue weighted by Crippen LogP contribution is 2.28. The molecule has 19 heavy (non-hydrogen) atoms. The van der Waals surface area contributed by atoms with E-state index in [1.54, 1.807) is 24.3 Å². The Morgan fingerprint density at radius 3 is 2.68 bits per heavy atom. The summed E-state index contributed by atoms with van der Waals surface area (Å²) in [7, 11) is 1.53. The molecule has 0 fully saturated rings. The van der Waals surface area contributed by atoms with E-state index in [4.69, 9.17) is 21.1 Å². The van der Waals surface area contributed by atoms with Gasteiger partial charge in [-0.2, -0.15) is 0 Å². The van der Waals surface area contributed by atoms with Crippen LogP contribution in [0.4, 0.5) is 5.69 Å². The number of aromatic nitrogens is 1. The Balaban J connectivity index is 2.29. The van der Waals surface area contributed by atoms with E-state index in [-0.39, 0.29) is 16.7 Å². The SMILES string of the molecule is COc1cccc(Oc2cc([N+](=O)[O-])cc(Cl)n2)c1. The smallest absolute Gasteiger partial charge is 0.277 e. The molecule has 0 radical (unpaired) electrons. The molecular weight excluding hydrogens is 272 g/mol. The molecule has 0 amide bonds. The Labute approximate surface area is 113 Å². The molecule has 7 heteroatoms. The summed E-state index contributed by atoms with van der Waals surface area (Å²) in [5, 5.41) is 10.7. The summed E-state index contributed by atoms with van der Waals surface area (Å²) in [6, 6.07) is 9.14. The van der Waals surface area contributed by atoms with Crippen LogP contribution in [0.3, 0.4) is 0 Å². The number of methoxy groups -OCH3 is 1. The number of hydrogen-bond donors (Lipinski definition) is 0. The standard InChI is InChI=1S/C12H9ClN2O4/c1-18-9-3-2-4-10(7-9)19-12-6-8(15(16)17)5-11(13)14-12/h2-7H,1H3. The Morgan fingerprint density at radius 1 is 1.26 bits per heavy atom. The third-order valence-corrected chi connectivity index (χ3v) is 2.42. The summed E-state index contributed by atoms with van der Waals surface area (Å²) in [4.78, 5) is 14.0. The van der Waals surface area contributed by atoms with Crippen molar-refractivity contribution in [3.8, 4) is 17.4 Å². The van der Waals surface area contributed by atoms with E-state index >= 15 is 0 Å². The van der Waals surface area contributed by atoms with E-state index in [2.05, 4.69) is 4.98 Å². The summed E-state index contributed by atoms with van der Waals surface area (Å²) in [5.74, 6) is 1.10. The minimum atomic E-state index is -0.563. The number of ether oxygens (including phenoxy) is 2. The van der Waals surface area contributed by atoms with E-state index in [0.29, 0.717) is 11.5 Å². The highest BCUT2D eigenvalue weighted by molar-refractivity contribution is 6.29. The molecule has 0 atom stereocenters. The second-order valence-electron chi connectivity index (χ2n) is 3.52. The lowest BCUT2D eigenvalue weighted by atomic mass is 10.3. The molecule has 98 valence electrons. The molecule has 0 spiro atoms. The molecule has 2 rings (SSSR count). The fourth-order valence-electron chi connectivity index (χ4n) is 1.40. The first-order valence-corrected chi connectivity index (χ1v) is 5.60. The summed E-state index contributed by atoms with van der Waals surface area (Å²) in [6.07, 6.45) is 0. The van der Waals surface area contributed by atoms with Crippen molar-refractivity contribution in [1.29, 1.82) is 0 Å². The molecular formula is C12H9ClN2O4. The summed E-state index contributed by atoms with van der Waals surface area (Å²) in [6.45, 7) is 0. The molecule has 0 bridgehead atoms. The molecule has 0 aliphatic rings. The van der Waals surface area contributed by atoms with Crippen LogP contribution in [0, 0.1) is 10.1 Å². The number of benzene rings is 1. The summed E-state index contributed by atoms with van der Waals surface area (Å²) < 4.78 is 10.5. The number of nitro groups is 1. The van der Waals surface area contributed by atoms with Crippen LogP contribution in [-0.4, -0.2) is 17.0 Å². The minimum absolute atomic E-state index is 0.00732. The van der Waals surface area contributed by atoms with Gasteiger partial charge in [-0.15, -0.1) is 0 Å². The van der Waals surface area contributed by atoms with Gasteiger partial charge in [0.05, 0.1) is 24.2 Å². The second-order valence-corrected chi connectivity index (χ2v) is 3.91. The first kappa shape index (κ1) is 13.1. The van der Waals surface area contributed by atoms with Crippen LogP contribution < -0.4 is 9.47 Å². The highest BCUT2D eigenvalue weighted by Gasteiger charge is 2.11. The Kier molecular flexibility index (Phi) is 3.82. The van der Waals surface area contributed by atoms with Crippen molar-refractivity contribution in [2.75, 3.05) is 7.11 Å². The van der Waals surface area contributed by atoms with Crippen LogP contribution in [0.2, 0.25) is 5.15 Å². The number of hydrogen-bond acceptors (Lipinski definition) is 5. The van der Waals surface area contributed by atoms with E-state index < -0.39 is 4.92 Å². The lowest BCUT2D eigenvalue weighted by molar-refractivity contribution is -0.385. The van der Waals surface area contributed by atoms with Crippen molar-refractivity contribution >= 4 is 17.3 Å². The molecule has 0 aliphatic heterocycles. The van der Waals surface area contributed by atoms with Gasteiger partial charge in [-0.05, 0) is 12.1 Å². The lowest BCUT2D eigenvalue weighted by Gasteiger charge is -2.06. The van der Waals surface area contributed by atoms with E-state index in [0.717, 1.165) is 6.07 Å². The van der Waals surface area contributed by atoms with Gasteiger partial charge in [0.1, 0.15) is 16.7 Å². The maximum Gasteiger partial charge on any atom is 0.277 e. The highest BCUT2D eigenvalue weighted by atomic mass is 35.5. The molecule has 0 unspecified atom stereocenters. The van der Waals surface area contributed by atoms with Crippen molar-refractivity contribution in [3.05, 3.63) is 51.7 Å². The molecule has 2 aromatic rings. The minimum Gasteiger partial charge on any atom is -0.497 e. The van der Waals surface area contributed by atoms with Crippen molar-refractivity contribution in [2.24, 2.45) is 0 Å². The average Bonchev–Trinajstić information content (AvgIpc) is 2.38. The largest absolute Gasteiger partial charge is 0.497 e. The molecule has 0 saturated carbocycles. The van der Waals surface area contributed by atoms with Crippen LogP contribution in [0.25, 0.3) is 0 Å². The molecule has 0 N–H and O–H groups in total. The zero-order valence-electron chi connectivity index (χ0n) is 9.87. The van der Waals surface area contributed by atoms with Gasteiger partial charge in [0.2, 0.25) is 5.88 Å². The van der Waals surface area contributed by atoms with Crippen LogP contribution in [-0.2, 0) is 0 Å². The number of pyridine rings is 1. The Morgan fingerprint density at radius 2 is 2.00 bits per heavy atom. The van der Waals surface area contributed by atoms with Crippen LogP contribution >= 0.6 is 11.6 Å². The van der Waals surface area contributed by atoms with Gasteiger partial charge in [0.25, 0.3) is 5.69 Å². The maximum atomic E-state index is 10.7. The molecule has 0 saturated heterocycles. The van der Waals surface area contributed by atoms with Crippen molar-refractivity contribution in [3.63, 3.8) is 0 Å². The third-order valence-electron chi connectivity index (χ3n) is 2.23. The zero-order chi connectivity index (χ0) is 13.8. The van der Waals surface area contributed by atoms with Crippen LogP contribution in [0.1, 0.15) is 0 Å². The van der Waals surface area contributed by atoms with Gasteiger partial charge >= 0.3 is 0 Å². The van der Waals surface area contributed by atoms with Gasteiger partial charge in [-0.25, -0.2) is 4.98 Å². The van der Waals surface area contributed by atoms with Gasteiger partial charge in [0.15, 0.2) is 0 Å². The van der Waals surface area contributed by atoms with E-state index in [1.165, 1.54) is 13.2 Å². The molecule has 6 nitrogen and oxygen atoms in total. The lowest BCUT2D eigenvalue weighted by Crippen LogP contribution is -1.93. The average molecular weight is 281 g/mol. The molecule has 1 heterocycles. The number of halogens is 1. The van der Waals surface area contributed by atoms with Crippen molar-refractivity contribution in [1.82, 2.24) is 4.98 Å². The van der Waals surface area contributed by atoms with Crippen LogP contribution in [0.15, 0.2) is 36.4 Å². The number of nitrogens with zero attached hydrogens (tertiary/aromatic N) is 2. The monoisotopic (exact) mass is 280 g/mol. The first-order valence-electron chi connectivity index (χ1n) is 5.22. The fourth-order valence-corrected chi connectivity index (χ4v) is 1.60.